The van der Waals surface area contributed by atoms with E-state index in [9.17, 15) is 62.8 Å². The molecule has 0 bridgehead atoms. The number of aliphatic hydroxyl groups excluding tert-OH is 8. The molecule has 306 valence electrons. The van der Waals surface area contributed by atoms with Gasteiger partial charge < -0.3 is 64.1 Å². The van der Waals surface area contributed by atoms with Crippen molar-refractivity contribution in [3.8, 4) is 5.75 Å². The lowest BCUT2D eigenvalue weighted by Crippen LogP contribution is -2.65. The number of aliphatic hydroxyl groups is 8. The fourth-order valence-electron chi connectivity index (χ4n) is 7.20. The average Bonchev–Trinajstić information content (AvgIpc) is 3.17. The lowest BCUT2D eigenvalue weighted by Gasteiger charge is -2.48. The Bertz CT molecular complexity index is 1890. The van der Waals surface area contributed by atoms with Gasteiger partial charge in [0.25, 0.3) is 0 Å². The van der Waals surface area contributed by atoms with E-state index in [2.05, 4.69) is 0 Å². The molecule has 3 heterocycles. The zero-order valence-corrected chi connectivity index (χ0v) is 30.3. The monoisotopic (exact) mass is 811 g/mol. The average molecular weight is 812 g/mol. The predicted octanol–water partition coefficient (Wildman–Crippen LogP) is -0.442. The summed E-state index contributed by atoms with van der Waals surface area (Å²) < 4.78 is 75.1. The molecule has 16 nitrogen and oxygen atoms in total. The van der Waals surface area contributed by atoms with Gasteiger partial charge in [0.1, 0.15) is 78.1 Å². The van der Waals surface area contributed by atoms with Crippen molar-refractivity contribution in [3.63, 3.8) is 0 Å². The predicted molar refractivity (Wildman–Crippen MR) is 188 cm³/mol. The number of amides is 1. The molecule has 13 atom stereocenters. The lowest BCUT2D eigenvalue weighted by molar-refractivity contribution is -0.341. The number of carbonyl (C=O) groups is 1. The molecule has 3 aromatic rings. The van der Waals surface area contributed by atoms with Crippen molar-refractivity contribution in [3.05, 3.63) is 95.6 Å². The number of anilines is 1. The van der Waals surface area contributed by atoms with E-state index in [0.29, 0.717) is 16.8 Å². The third-order valence-corrected chi connectivity index (χ3v) is 11.4. The van der Waals surface area contributed by atoms with E-state index < -0.39 is 120 Å². The topological polar surface area (TPSA) is 253 Å². The van der Waals surface area contributed by atoms with E-state index in [1.165, 1.54) is 77.7 Å². The summed E-state index contributed by atoms with van der Waals surface area (Å²) in [6.07, 6.45) is -17.8. The molecule has 3 fully saturated rings. The summed E-state index contributed by atoms with van der Waals surface area (Å²) in [6, 6.07) is 15.7. The maximum absolute atomic E-state index is 13.7. The van der Waals surface area contributed by atoms with Gasteiger partial charge in [0, 0.05) is 5.69 Å². The van der Waals surface area contributed by atoms with Crippen molar-refractivity contribution in [1.29, 1.82) is 0 Å². The van der Waals surface area contributed by atoms with Crippen molar-refractivity contribution < 1.29 is 81.2 Å². The maximum atomic E-state index is 13.7. The molecule has 0 spiro atoms. The number of β-lactam (4-membered cyclic amide) rings is 1. The molecule has 0 aliphatic carbocycles. The van der Waals surface area contributed by atoms with Crippen LogP contribution in [0.1, 0.15) is 36.1 Å². The summed E-state index contributed by atoms with van der Waals surface area (Å²) in [5.41, 5.74) is 1.45. The summed E-state index contributed by atoms with van der Waals surface area (Å²) in [4.78, 5) is 14.9. The number of ether oxygens (including phenoxy) is 3. The molecular weight excluding hydrogens is 768 g/mol. The molecule has 6 rings (SSSR count). The van der Waals surface area contributed by atoms with Gasteiger partial charge in [-0.3, -0.25) is 4.79 Å². The number of halogens is 2. The third-order valence-electron chi connectivity index (χ3n) is 10.2. The minimum absolute atomic E-state index is 0.163. The van der Waals surface area contributed by atoms with E-state index in [-0.39, 0.29) is 24.5 Å². The summed E-state index contributed by atoms with van der Waals surface area (Å²) in [5.74, 6) is -3.06. The van der Waals surface area contributed by atoms with Gasteiger partial charge in [0.2, 0.25) is 5.91 Å². The van der Waals surface area contributed by atoms with Gasteiger partial charge in [-0.25, -0.2) is 8.78 Å². The van der Waals surface area contributed by atoms with E-state index in [0.717, 1.165) is 0 Å². The molecule has 8 N–H and O–H groups in total. The van der Waals surface area contributed by atoms with Gasteiger partial charge >= 0.3 is 10.1 Å². The molecular formula is C37H43F2NO15S. The van der Waals surface area contributed by atoms with Gasteiger partial charge in [-0.15, -0.1) is 0 Å². The number of benzene rings is 3. The highest BCUT2D eigenvalue weighted by atomic mass is 32.2. The highest BCUT2D eigenvalue weighted by Gasteiger charge is 2.52. The standard InChI is InChI=1S/C37H43F2NO15S/c38-20-5-1-18(2-6-20)25(43)14-13-24-29(40(36(24)49)22-9-7-21(39)8-10-22)19-3-11-23(12-4-19)55-56(50,51)17-28-31(45)33(47)35(27(16-42)52-28)54-37-34(48)32(46)30(44)26(15-41)53-37/h1-12,24-35,37,41-48H,13-17H2/t24?,25-,26?,27?,28?,29+,30?,31?,32?,33?,34?,35?,37?/m0/s1. The van der Waals surface area contributed by atoms with Crippen LogP contribution in [0.15, 0.2) is 72.8 Å². The molecule has 19 heteroatoms. The van der Waals surface area contributed by atoms with Crippen LogP contribution < -0.4 is 9.08 Å². The molecule has 3 aliphatic heterocycles. The second kappa shape index (κ2) is 17.4. The molecule has 0 saturated carbocycles. The Morgan fingerprint density at radius 2 is 1.32 bits per heavy atom. The second-order valence-electron chi connectivity index (χ2n) is 13.9. The van der Waals surface area contributed by atoms with Crippen LogP contribution in [0, 0.1) is 17.6 Å². The number of hydrogen-bond acceptors (Lipinski definition) is 15. The minimum atomic E-state index is -4.57. The third kappa shape index (κ3) is 8.89. The van der Waals surface area contributed by atoms with E-state index >= 15 is 0 Å². The first-order valence-corrected chi connectivity index (χ1v) is 19.3. The normalized spacial score (nSPS) is 32.8. The first-order chi connectivity index (χ1) is 26.6. The Morgan fingerprint density at radius 3 is 1.93 bits per heavy atom. The highest BCUT2D eigenvalue weighted by molar-refractivity contribution is 7.87. The number of hydrogen-bond donors (Lipinski definition) is 8. The zero-order valence-electron chi connectivity index (χ0n) is 29.5. The van der Waals surface area contributed by atoms with Crippen LogP contribution in [0.4, 0.5) is 14.5 Å². The van der Waals surface area contributed by atoms with Crippen LogP contribution in [-0.4, -0.2) is 135 Å². The van der Waals surface area contributed by atoms with E-state index in [1.807, 2.05) is 0 Å². The van der Waals surface area contributed by atoms with Gasteiger partial charge in [-0.1, -0.05) is 24.3 Å². The second-order valence-corrected chi connectivity index (χ2v) is 15.5. The first-order valence-electron chi connectivity index (χ1n) is 17.7. The van der Waals surface area contributed by atoms with Gasteiger partial charge in [0.15, 0.2) is 6.29 Å². The summed E-state index contributed by atoms with van der Waals surface area (Å²) in [6.45, 7) is -1.64. The Balaban J connectivity index is 1.12. The molecule has 0 aromatic heterocycles. The minimum Gasteiger partial charge on any atom is -0.394 e. The Hall–Kier alpha value is -3.70. The Labute approximate surface area is 319 Å². The largest absolute Gasteiger partial charge is 0.394 e. The maximum Gasteiger partial charge on any atom is 0.311 e. The van der Waals surface area contributed by atoms with Gasteiger partial charge in [0.05, 0.1) is 31.3 Å². The lowest BCUT2D eigenvalue weighted by atomic mass is 9.78. The number of rotatable bonds is 14. The Kier molecular flexibility index (Phi) is 13.0. The van der Waals surface area contributed by atoms with Crippen molar-refractivity contribution >= 4 is 21.7 Å². The molecule has 3 saturated heterocycles. The summed E-state index contributed by atoms with van der Waals surface area (Å²) in [7, 11) is -4.57. The molecule has 56 heavy (non-hydrogen) atoms. The SMILES string of the molecule is O=C1C(CC[C@H](O)c2ccc(F)cc2)[C@@H](c2ccc(OS(=O)(=O)CC3OC(CO)C(OC4OC(CO)C(O)C(O)C4O)C(O)C3O)cc2)N1c1ccc(F)cc1. The fraction of sp³-hybridized carbons (Fsp3) is 0.486. The number of nitrogens with zero attached hydrogens (tertiary/aromatic N) is 1. The smallest absolute Gasteiger partial charge is 0.311 e. The fourth-order valence-corrected chi connectivity index (χ4v) is 8.35. The molecule has 11 unspecified atom stereocenters. The molecule has 1 amide bonds. The Morgan fingerprint density at radius 1 is 0.732 bits per heavy atom. The summed E-state index contributed by atoms with van der Waals surface area (Å²) >= 11 is 0. The van der Waals surface area contributed by atoms with Crippen LogP contribution >= 0.6 is 0 Å². The highest BCUT2D eigenvalue weighted by Crippen LogP contribution is 2.46. The van der Waals surface area contributed by atoms with Gasteiger partial charge in [-0.05, 0) is 72.5 Å². The first kappa shape index (κ1) is 41.9. The van der Waals surface area contributed by atoms with E-state index in [4.69, 9.17) is 18.4 Å². The van der Waals surface area contributed by atoms with Crippen molar-refractivity contribution in [2.24, 2.45) is 5.92 Å². The van der Waals surface area contributed by atoms with Gasteiger partial charge in [-0.2, -0.15) is 8.42 Å². The quantitative estimate of drug-likeness (QED) is 0.0759. The van der Waals surface area contributed by atoms with Crippen LogP contribution in [0.5, 0.6) is 5.75 Å². The van der Waals surface area contributed by atoms with Crippen LogP contribution in [-0.2, 0) is 29.1 Å². The van der Waals surface area contributed by atoms with Crippen molar-refractivity contribution in [2.45, 2.75) is 86.2 Å². The van der Waals surface area contributed by atoms with Crippen LogP contribution in [0.3, 0.4) is 0 Å². The molecule has 3 aromatic carbocycles. The summed E-state index contributed by atoms with van der Waals surface area (Å²) in [5, 5.41) is 82.3. The van der Waals surface area contributed by atoms with Crippen LogP contribution in [0.25, 0.3) is 0 Å². The zero-order chi connectivity index (χ0) is 40.5. The molecule has 3 aliphatic rings. The van der Waals surface area contributed by atoms with Crippen molar-refractivity contribution in [2.75, 3.05) is 23.9 Å². The van der Waals surface area contributed by atoms with E-state index in [1.54, 1.807) is 0 Å². The van der Waals surface area contributed by atoms with Crippen molar-refractivity contribution in [1.82, 2.24) is 0 Å². The molecule has 0 radical (unpaired) electrons. The van der Waals surface area contributed by atoms with Crippen LogP contribution in [0.2, 0.25) is 0 Å². The number of carbonyl (C=O) groups excluding carboxylic acids is 1.